The number of imidazole rings is 1. The molecule has 0 aliphatic heterocycles. The molecule has 4 nitrogen and oxygen atoms in total. The van der Waals surface area contributed by atoms with Crippen LogP contribution in [0.5, 0.6) is 0 Å². The summed E-state index contributed by atoms with van der Waals surface area (Å²) in [5.41, 5.74) is 6.65. The molecule has 0 aromatic carbocycles. The molecular formula is C5H6N3O. The van der Waals surface area contributed by atoms with Crippen LogP contribution in [0.25, 0.3) is 0 Å². The fourth-order valence-electron chi connectivity index (χ4n) is 0.584. The van der Waals surface area contributed by atoms with Crippen LogP contribution in [-0.2, 0) is 7.05 Å². The summed E-state index contributed by atoms with van der Waals surface area (Å²) in [4.78, 5) is 14.0. The molecule has 1 radical (unpaired) electrons. The SMILES string of the molecule is Cn1ccnc1C([NH])=O. The van der Waals surface area contributed by atoms with Crippen LogP contribution in [0.2, 0.25) is 0 Å². The second-order valence-corrected chi connectivity index (χ2v) is 1.69. The summed E-state index contributed by atoms with van der Waals surface area (Å²) in [5.74, 6) is -0.572. The van der Waals surface area contributed by atoms with E-state index in [4.69, 9.17) is 5.73 Å². The minimum atomic E-state index is -0.748. The Labute approximate surface area is 52.3 Å². The summed E-state index contributed by atoms with van der Waals surface area (Å²) in [7, 11) is 1.68. The zero-order valence-corrected chi connectivity index (χ0v) is 4.96. The van der Waals surface area contributed by atoms with E-state index in [0.717, 1.165) is 0 Å². The van der Waals surface area contributed by atoms with Gasteiger partial charge in [0.2, 0.25) is 0 Å². The molecule has 1 N–H and O–H groups in total. The zero-order valence-electron chi connectivity index (χ0n) is 4.96. The minimum absolute atomic E-state index is 0.176. The summed E-state index contributed by atoms with van der Waals surface area (Å²) in [6.07, 6.45) is 3.11. The molecule has 0 spiro atoms. The fourth-order valence-corrected chi connectivity index (χ4v) is 0.584. The van der Waals surface area contributed by atoms with Crippen LogP contribution in [-0.4, -0.2) is 15.5 Å². The molecule has 0 saturated heterocycles. The van der Waals surface area contributed by atoms with E-state index < -0.39 is 5.91 Å². The Hall–Kier alpha value is -1.32. The highest BCUT2D eigenvalue weighted by Crippen LogP contribution is 1.91. The van der Waals surface area contributed by atoms with E-state index in [-0.39, 0.29) is 5.82 Å². The largest absolute Gasteiger partial charge is 0.330 e. The lowest BCUT2D eigenvalue weighted by atomic mass is 10.6. The lowest BCUT2D eigenvalue weighted by Crippen LogP contribution is -2.06. The van der Waals surface area contributed by atoms with Crippen molar-refractivity contribution in [2.45, 2.75) is 0 Å². The third-order valence-electron chi connectivity index (χ3n) is 1.02. The Bertz CT molecular complexity index is 228. The van der Waals surface area contributed by atoms with Crippen LogP contribution in [0.15, 0.2) is 12.4 Å². The molecule has 0 saturated carbocycles. The van der Waals surface area contributed by atoms with Crippen LogP contribution in [0.3, 0.4) is 0 Å². The molecule has 0 fully saturated rings. The molecule has 0 unspecified atom stereocenters. The smallest absolute Gasteiger partial charge is 0.305 e. The zero-order chi connectivity index (χ0) is 6.85. The lowest BCUT2D eigenvalue weighted by Gasteiger charge is -1.91. The van der Waals surface area contributed by atoms with Gasteiger partial charge in [-0.05, 0) is 0 Å². The minimum Gasteiger partial charge on any atom is -0.330 e. The number of carbonyl (C=O) groups excluding carboxylic acids is 1. The third-order valence-corrected chi connectivity index (χ3v) is 1.02. The van der Waals surface area contributed by atoms with Crippen molar-refractivity contribution in [1.82, 2.24) is 15.3 Å². The number of hydrogen-bond acceptors (Lipinski definition) is 2. The van der Waals surface area contributed by atoms with Gasteiger partial charge in [0.05, 0.1) is 0 Å². The molecule has 1 aromatic heterocycles. The predicted molar refractivity (Wildman–Crippen MR) is 30.6 cm³/mol. The molecular weight excluding hydrogens is 118 g/mol. The quantitative estimate of drug-likeness (QED) is 0.522. The number of aromatic nitrogens is 2. The van der Waals surface area contributed by atoms with E-state index in [1.165, 1.54) is 10.8 Å². The Kier molecular flexibility index (Phi) is 1.22. The standard InChI is InChI=1S/C5H6N3O/c1-8-3-2-7-5(8)4(6)9/h2-3,6H,1H3. The van der Waals surface area contributed by atoms with Crippen LogP contribution in [0, 0.1) is 0 Å². The van der Waals surface area contributed by atoms with E-state index in [1.54, 1.807) is 13.2 Å². The van der Waals surface area contributed by atoms with Crippen molar-refractivity contribution in [3.8, 4) is 0 Å². The maximum atomic E-state index is 10.3. The number of carbonyl (C=O) groups is 1. The normalized spacial score (nSPS) is 9.44. The van der Waals surface area contributed by atoms with Gasteiger partial charge in [-0.25, -0.2) is 4.98 Å². The first-order chi connectivity index (χ1) is 4.22. The molecule has 4 heteroatoms. The van der Waals surface area contributed by atoms with Crippen LogP contribution in [0.1, 0.15) is 10.6 Å². The van der Waals surface area contributed by atoms with Gasteiger partial charge in [0, 0.05) is 19.4 Å². The highest BCUT2D eigenvalue weighted by Gasteiger charge is 2.04. The van der Waals surface area contributed by atoms with E-state index >= 15 is 0 Å². The number of rotatable bonds is 1. The Morgan fingerprint density at radius 3 is 2.78 bits per heavy atom. The summed E-state index contributed by atoms with van der Waals surface area (Å²) >= 11 is 0. The van der Waals surface area contributed by atoms with E-state index in [2.05, 4.69) is 4.98 Å². The molecule has 1 rings (SSSR count). The number of amides is 1. The summed E-state index contributed by atoms with van der Waals surface area (Å²) in [6.45, 7) is 0. The van der Waals surface area contributed by atoms with E-state index in [9.17, 15) is 4.79 Å². The molecule has 0 bridgehead atoms. The van der Waals surface area contributed by atoms with Crippen molar-refractivity contribution in [1.29, 1.82) is 0 Å². The molecule has 1 amide bonds. The highest BCUT2D eigenvalue weighted by molar-refractivity contribution is 5.88. The topological polar surface area (TPSA) is 58.7 Å². The van der Waals surface area contributed by atoms with Crippen LogP contribution in [0.4, 0.5) is 0 Å². The van der Waals surface area contributed by atoms with Crippen molar-refractivity contribution in [2.75, 3.05) is 0 Å². The van der Waals surface area contributed by atoms with Crippen molar-refractivity contribution in [3.05, 3.63) is 18.2 Å². The van der Waals surface area contributed by atoms with E-state index in [1.807, 2.05) is 0 Å². The fraction of sp³-hybridized carbons (Fsp3) is 0.200. The van der Waals surface area contributed by atoms with Crippen molar-refractivity contribution < 1.29 is 4.79 Å². The Morgan fingerprint density at radius 2 is 2.56 bits per heavy atom. The molecule has 9 heavy (non-hydrogen) atoms. The van der Waals surface area contributed by atoms with Gasteiger partial charge in [0.1, 0.15) is 0 Å². The van der Waals surface area contributed by atoms with Gasteiger partial charge >= 0.3 is 5.91 Å². The number of nitrogens with one attached hydrogen (secondary N) is 1. The van der Waals surface area contributed by atoms with Crippen LogP contribution < -0.4 is 5.73 Å². The molecule has 0 aliphatic carbocycles. The summed E-state index contributed by atoms with van der Waals surface area (Å²) in [6, 6.07) is 0. The monoisotopic (exact) mass is 124 g/mol. The van der Waals surface area contributed by atoms with Gasteiger partial charge in [0.25, 0.3) is 0 Å². The first-order valence-electron chi connectivity index (χ1n) is 2.45. The Balaban J connectivity index is 3.08. The van der Waals surface area contributed by atoms with Gasteiger partial charge < -0.3 is 4.57 Å². The summed E-state index contributed by atoms with van der Waals surface area (Å²) in [5, 5.41) is 0. The van der Waals surface area contributed by atoms with Crippen molar-refractivity contribution >= 4 is 5.91 Å². The van der Waals surface area contributed by atoms with Crippen molar-refractivity contribution in [2.24, 2.45) is 7.05 Å². The summed E-state index contributed by atoms with van der Waals surface area (Å²) < 4.78 is 1.51. The first-order valence-corrected chi connectivity index (χ1v) is 2.45. The maximum absolute atomic E-state index is 10.3. The third kappa shape index (κ3) is 0.910. The maximum Gasteiger partial charge on any atom is 0.305 e. The van der Waals surface area contributed by atoms with Gasteiger partial charge in [-0.2, -0.15) is 0 Å². The molecule has 1 heterocycles. The second-order valence-electron chi connectivity index (χ2n) is 1.69. The van der Waals surface area contributed by atoms with Gasteiger partial charge in [-0.1, -0.05) is 0 Å². The van der Waals surface area contributed by atoms with Crippen LogP contribution >= 0.6 is 0 Å². The predicted octanol–water partition coefficient (Wildman–Crippen LogP) is -0.157. The molecule has 47 valence electrons. The van der Waals surface area contributed by atoms with Gasteiger partial charge in [-0.15, -0.1) is 0 Å². The lowest BCUT2D eigenvalue weighted by molar-refractivity contribution is 0.0979. The highest BCUT2D eigenvalue weighted by atomic mass is 16.1. The Morgan fingerprint density at radius 1 is 1.89 bits per heavy atom. The average molecular weight is 124 g/mol. The number of nitrogens with zero attached hydrogens (tertiary/aromatic N) is 2. The number of hydrogen-bond donors (Lipinski definition) is 0. The molecule has 0 atom stereocenters. The average Bonchev–Trinajstić information content (AvgIpc) is 2.13. The van der Waals surface area contributed by atoms with E-state index in [0.29, 0.717) is 0 Å². The second kappa shape index (κ2) is 1.89. The van der Waals surface area contributed by atoms with Gasteiger partial charge in [-0.3, -0.25) is 10.5 Å². The van der Waals surface area contributed by atoms with Crippen molar-refractivity contribution in [3.63, 3.8) is 0 Å². The van der Waals surface area contributed by atoms with Gasteiger partial charge in [0.15, 0.2) is 5.82 Å². The number of aryl methyl sites for hydroxylation is 1. The molecule has 1 aromatic rings. The first kappa shape index (κ1) is 5.81. The molecule has 0 aliphatic rings.